The molecule has 2 heteroatoms. The maximum Gasteiger partial charge on any atom is 0.0406 e. The third-order valence-corrected chi connectivity index (χ3v) is 4.59. The summed E-state index contributed by atoms with van der Waals surface area (Å²) in [6.45, 7) is 0. The lowest BCUT2D eigenvalue weighted by Gasteiger charge is -2.31. The van der Waals surface area contributed by atoms with Gasteiger partial charge < -0.3 is 4.90 Å². The number of likely N-dealkylation sites (N-methyl/N-ethyl adjacent to an activating group) is 1. The van der Waals surface area contributed by atoms with E-state index in [0.29, 0.717) is 6.04 Å². The highest BCUT2D eigenvalue weighted by Crippen LogP contribution is 2.33. The predicted molar refractivity (Wildman–Crippen MR) is 86.4 cm³/mol. The van der Waals surface area contributed by atoms with Crippen molar-refractivity contribution in [1.29, 1.82) is 0 Å². The van der Waals surface area contributed by atoms with Crippen LogP contribution in [0.15, 0.2) is 42.5 Å². The summed E-state index contributed by atoms with van der Waals surface area (Å²) in [6, 6.07) is 15.6. The number of hydrogen-bond acceptors (Lipinski definition) is 1. The lowest BCUT2D eigenvalue weighted by molar-refractivity contribution is 0.268. The van der Waals surface area contributed by atoms with Crippen molar-refractivity contribution in [2.75, 3.05) is 14.1 Å². The molecule has 3 rings (SSSR count). The first-order chi connectivity index (χ1) is 9.65. The van der Waals surface area contributed by atoms with Crippen molar-refractivity contribution in [3.63, 3.8) is 0 Å². The van der Waals surface area contributed by atoms with E-state index < -0.39 is 0 Å². The number of hydrogen-bond donors (Lipinski definition) is 0. The first-order valence-corrected chi connectivity index (χ1v) is 7.56. The average Bonchev–Trinajstić information content (AvgIpc) is 2.47. The van der Waals surface area contributed by atoms with Crippen LogP contribution in [0.5, 0.6) is 0 Å². The third-order valence-electron chi connectivity index (χ3n) is 4.34. The Bertz CT molecular complexity index is 601. The topological polar surface area (TPSA) is 3.24 Å². The van der Waals surface area contributed by atoms with Crippen molar-refractivity contribution in [3.05, 3.63) is 58.6 Å². The minimum atomic E-state index is 0.669. The maximum absolute atomic E-state index is 5.99. The van der Waals surface area contributed by atoms with Gasteiger partial charge in [0.05, 0.1) is 0 Å². The fraction of sp³-hybridized carbons (Fsp3) is 0.333. The summed E-state index contributed by atoms with van der Waals surface area (Å²) < 4.78 is 0. The third kappa shape index (κ3) is 2.61. The largest absolute Gasteiger partial charge is 0.306 e. The van der Waals surface area contributed by atoms with Gasteiger partial charge in [-0.3, -0.25) is 0 Å². The Morgan fingerprint density at radius 3 is 2.50 bits per heavy atom. The molecule has 2 aromatic carbocycles. The van der Waals surface area contributed by atoms with Crippen LogP contribution in [0.1, 0.15) is 17.5 Å². The normalized spacial score (nSPS) is 18.1. The number of fused-ring (bicyclic) bond motifs is 1. The van der Waals surface area contributed by atoms with E-state index in [2.05, 4.69) is 49.3 Å². The van der Waals surface area contributed by atoms with Gasteiger partial charge in [0.1, 0.15) is 0 Å². The molecule has 1 aliphatic carbocycles. The molecule has 0 bridgehead atoms. The maximum atomic E-state index is 5.99. The van der Waals surface area contributed by atoms with Crippen molar-refractivity contribution in [2.24, 2.45) is 0 Å². The summed E-state index contributed by atoms with van der Waals surface area (Å²) in [6.07, 6.45) is 3.56. The van der Waals surface area contributed by atoms with Crippen LogP contribution >= 0.6 is 11.6 Å². The highest BCUT2D eigenvalue weighted by atomic mass is 35.5. The van der Waals surface area contributed by atoms with Gasteiger partial charge in [-0.1, -0.05) is 41.9 Å². The van der Waals surface area contributed by atoms with Crippen LogP contribution in [0.2, 0.25) is 5.02 Å². The summed E-state index contributed by atoms with van der Waals surface area (Å²) in [4.78, 5) is 2.35. The van der Waals surface area contributed by atoms with Gasteiger partial charge in [-0.25, -0.2) is 0 Å². The molecular formula is C18H20ClN. The van der Waals surface area contributed by atoms with E-state index in [1.165, 1.54) is 28.7 Å². The van der Waals surface area contributed by atoms with Gasteiger partial charge in [0.25, 0.3) is 0 Å². The first kappa shape index (κ1) is 13.7. The Kier molecular flexibility index (Phi) is 3.82. The Balaban J connectivity index is 1.99. The Hall–Kier alpha value is -1.31. The molecule has 104 valence electrons. The first-order valence-electron chi connectivity index (χ1n) is 7.18. The summed E-state index contributed by atoms with van der Waals surface area (Å²) >= 11 is 5.99. The van der Waals surface area contributed by atoms with E-state index in [1.807, 2.05) is 12.1 Å². The monoisotopic (exact) mass is 285 g/mol. The summed E-state index contributed by atoms with van der Waals surface area (Å²) in [5, 5.41) is 0.797. The zero-order valence-electron chi connectivity index (χ0n) is 12.1. The zero-order chi connectivity index (χ0) is 14.1. The minimum Gasteiger partial charge on any atom is -0.306 e. The molecule has 0 heterocycles. The lowest BCUT2D eigenvalue weighted by Crippen LogP contribution is -2.33. The van der Waals surface area contributed by atoms with Crippen LogP contribution in [0.25, 0.3) is 11.1 Å². The second-order valence-electron chi connectivity index (χ2n) is 5.81. The molecular weight excluding hydrogens is 266 g/mol. The van der Waals surface area contributed by atoms with Crippen molar-refractivity contribution < 1.29 is 0 Å². The molecule has 0 saturated heterocycles. The molecule has 0 fully saturated rings. The number of rotatable bonds is 2. The van der Waals surface area contributed by atoms with Crippen molar-refractivity contribution in [1.82, 2.24) is 4.90 Å². The minimum absolute atomic E-state index is 0.669. The van der Waals surface area contributed by atoms with E-state index >= 15 is 0 Å². The highest BCUT2D eigenvalue weighted by molar-refractivity contribution is 6.30. The van der Waals surface area contributed by atoms with Gasteiger partial charge in [0, 0.05) is 11.1 Å². The number of halogens is 1. The van der Waals surface area contributed by atoms with Gasteiger partial charge in [-0.05, 0) is 67.7 Å². The van der Waals surface area contributed by atoms with Crippen LogP contribution in [-0.4, -0.2) is 25.0 Å². The number of benzene rings is 2. The molecule has 1 nitrogen and oxygen atoms in total. The Morgan fingerprint density at radius 1 is 1.05 bits per heavy atom. The second-order valence-corrected chi connectivity index (χ2v) is 6.25. The smallest absolute Gasteiger partial charge is 0.0406 e. The van der Waals surface area contributed by atoms with Gasteiger partial charge in [-0.2, -0.15) is 0 Å². The SMILES string of the molecule is CN(C)[C@@H]1CCc2c(cccc2-c2ccc(Cl)cc2)C1. The molecule has 0 N–H and O–H groups in total. The molecule has 0 aromatic heterocycles. The molecule has 0 amide bonds. The summed E-state index contributed by atoms with van der Waals surface area (Å²) in [5.41, 5.74) is 5.67. The highest BCUT2D eigenvalue weighted by Gasteiger charge is 2.22. The molecule has 0 unspecified atom stereocenters. The van der Waals surface area contributed by atoms with Gasteiger partial charge in [-0.15, -0.1) is 0 Å². The standard InChI is InChI=1S/C18H20ClN/c1-20(2)16-10-11-18-14(12-16)4-3-5-17(18)13-6-8-15(19)9-7-13/h3-9,16H,10-12H2,1-2H3/t16-/m1/s1. The Morgan fingerprint density at radius 2 is 1.80 bits per heavy atom. The van der Waals surface area contributed by atoms with Gasteiger partial charge in [0.2, 0.25) is 0 Å². The summed E-state index contributed by atoms with van der Waals surface area (Å²) in [7, 11) is 4.36. The van der Waals surface area contributed by atoms with Crippen molar-refractivity contribution in [3.8, 4) is 11.1 Å². The predicted octanol–water partition coefficient (Wildman–Crippen LogP) is 4.43. The molecule has 0 saturated carbocycles. The second kappa shape index (κ2) is 5.59. The van der Waals surface area contributed by atoms with E-state index in [9.17, 15) is 0 Å². The van der Waals surface area contributed by atoms with E-state index in [1.54, 1.807) is 0 Å². The van der Waals surface area contributed by atoms with Crippen LogP contribution in [-0.2, 0) is 12.8 Å². The van der Waals surface area contributed by atoms with Crippen molar-refractivity contribution in [2.45, 2.75) is 25.3 Å². The fourth-order valence-corrected chi connectivity index (χ4v) is 3.25. The molecule has 0 spiro atoms. The van der Waals surface area contributed by atoms with Crippen LogP contribution in [0, 0.1) is 0 Å². The molecule has 2 aromatic rings. The van der Waals surface area contributed by atoms with Gasteiger partial charge >= 0.3 is 0 Å². The van der Waals surface area contributed by atoms with Crippen LogP contribution in [0.3, 0.4) is 0 Å². The van der Waals surface area contributed by atoms with Crippen LogP contribution in [0.4, 0.5) is 0 Å². The molecule has 0 radical (unpaired) electrons. The molecule has 1 atom stereocenters. The Labute approximate surface area is 126 Å². The van der Waals surface area contributed by atoms with Crippen molar-refractivity contribution >= 4 is 11.6 Å². The number of nitrogens with zero attached hydrogens (tertiary/aromatic N) is 1. The fourth-order valence-electron chi connectivity index (χ4n) is 3.13. The zero-order valence-corrected chi connectivity index (χ0v) is 12.8. The van der Waals surface area contributed by atoms with E-state index in [0.717, 1.165) is 17.9 Å². The average molecular weight is 286 g/mol. The lowest BCUT2D eigenvalue weighted by atomic mass is 9.83. The van der Waals surface area contributed by atoms with Gasteiger partial charge in [0.15, 0.2) is 0 Å². The quantitative estimate of drug-likeness (QED) is 0.789. The van der Waals surface area contributed by atoms with E-state index in [4.69, 9.17) is 11.6 Å². The molecule has 0 aliphatic heterocycles. The van der Waals surface area contributed by atoms with Crippen LogP contribution < -0.4 is 0 Å². The molecule has 1 aliphatic rings. The summed E-state index contributed by atoms with van der Waals surface area (Å²) in [5.74, 6) is 0. The molecule has 20 heavy (non-hydrogen) atoms. The van der Waals surface area contributed by atoms with E-state index in [-0.39, 0.29) is 0 Å².